The number of ether oxygens (including phenoxy) is 1. The highest BCUT2D eigenvalue weighted by molar-refractivity contribution is 7.99. The van der Waals surface area contributed by atoms with Crippen molar-refractivity contribution in [1.82, 2.24) is 0 Å². The highest BCUT2D eigenvalue weighted by atomic mass is 35.5. The average molecular weight is 284 g/mol. The Morgan fingerprint density at radius 3 is 2.50 bits per heavy atom. The second-order valence-corrected chi connectivity index (χ2v) is 5.10. The maximum Gasteiger partial charge on any atom is 0.143 e. The molecule has 0 aliphatic carbocycles. The monoisotopic (exact) mass is 283 g/mol. The summed E-state index contributed by atoms with van der Waals surface area (Å²) < 4.78 is 18.4. The lowest BCUT2D eigenvalue weighted by molar-refractivity contribution is 0.414. The van der Waals surface area contributed by atoms with E-state index in [9.17, 15) is 4.39 Å². The predicted molar refractivity (Wildman–Crippen MR) is 72.9 cm³/mol. The van der Waals surface area contributed by atoms with Crippen molar-refractivity contribution in [2.75, 3.05) is 12.8 Å². The van der Waals surface area contributed by atoms with Gasteiger partial charge in [-0.3, -0.25) is 0 Å². The van der Waals surface area contributed by atoms with Gasteiger partial charge in [0.1, 0.15) is 11.6 Å². The van der Waals surface area contributed by atoms with Crippen LogP contribution in [0.5, 0.6) is 5.75 Å². The van der Waals surface area contributed by atoms with Gasteiger partial charge in [-0.25, -0.2) is 4.39 Å². The standard InChI is InChI=1S/C13H11ClFNOS/c1-17-8-2-4-9(5-3-8)18-13-7-11(15)10(14)6-12(13)16/h2-7H,16H2,1H3. The molecule has 2 rings (SSSR count). The number of hydrogen-bond acceptors (Lipinski definition) is 3. The quantitative estimate of drug-likeness (QED) is 0.857. The molecular formula is C13H11ClFNOS. The molecule has 94 valence electrons. The van der Waals surface area contributed by atoms with E-state index in [2.05, 4.69) is 0 Å². The van der Waals surface area contributed by atoms with E-state index in [1.807, 2.05) is 24.3 Å². The van der Waals surface area contributed by atoms with E-state index in [1.165, 1.54) is 23.9 Å². The number of benzene rings is 2. The van der Waals surface area contributed by atoms with Crippen LogP contribution in [0.3, 0.4) is 0 Å². The Labute approximate surface area is 114 Å². The fourth-order valence-corrected chi connectivity index (χ4v) is 2.44. The summed E-state index contributed by atoms with van der Waals surface area (Å²) in [5, 5.41) is 0.0339. The molecule has 2 aromatic carbocycles. The summed E-state index contributed by atoms with van der Waals surface area (Å²) in [5.41, 5.74) is 6.26. The molecule has 0 saturated carbocycles. The maximum atomic E-state index is 13.4. The first-order valence-corrected chi connectivity index (χ1v) is 6.36. The summed E-state index contributed by atoms with van der Waals surface area (Å²) in [7, 11) is 1.61. The van der Waals surface area contributed by atoms with Gasteiger partial charge in [0.15, 0.2) is 0 Å². The van der Waals surface area contributed by atoms with Crippen LogP contribution in [-0.2, 0) is 0 Å². The highest BCUT2D eigenvalue weighted by Gasteiger charge is 2.08. The van der Waals surface area contributed by atoms with Gasteiger partial charge in [0, 0.05) is 15.5 Å². The van der Waals surface area contributed by atoms with E-state index < -0.39 is 5.82 Å². The lowest BCUT2D eigenvalue weighted by Crippen LogP contribution is -1.90. The molecule has 0 unspecified atom stereocenters. The van der Waals surface area contributed by atoms with Crippen molar-refractivity contribution in [3.8, 4) is 5.75 Å². The van der Waals surface area contributed by atoms with Gasteiger partial charge in [-0.05, 0) is 36.4 Å². The second-order valence-electron chi connectivity index (χ2n) is 3.58. The molecule has 0 fully saturated rings. The van der Waals surface area contributed by atoms with Crippen LogP contribution < -0.4 is 10.5 Å². The first-order valence-electron chi connectivity index (χ1n) is 5.16. The summed E-state index contributed by atoms with van der Waals surface area (Å²) in [6.07, 6.45) is 0. The SMILES string of the molecule is COc1ccc(Sc2cc(F)c(Cl)cc2N)cc1. The molecule has 0 saturated heterocycles. The lowest BCUT2D eigenvalue weighted by Gasteiger charge is -2.07. The van der Waals surface area contributed by atoms with Crippen LogP contribution in [0.15, 0.2) is 46.2 Å². The second kappa shape index (κ2) is 5.50. The van der Waals surface area contributed by atoms with Crippen LogP contribution in [-0.4, -0.2) is 7.11 Å². The fraction of sp³-hybridized carbons (Fsp3) is 0.0769. The van der Waals surface area contributed by atoms with E-state index in [1.54, 1.807) is 7.11 Å². The van der Waals surface area contributed by atoms with Gasteiger partial charge in [0.2, 0.25) is 0 Å². The zero-order valence-corrected chi connectivity index (χ0v) is 11.2. The zero-order valence-electron chi connectivity index (χ0n) is 9.61. The van der Waals surface area contributed by atoms with Gasteiger partial charge >= 0.3 is 0 Å². The van der Waals surface area contributed by atoms with Crippen LogP contribution >= 0.6 is 23.4 Å². The molecule has 2 nitrogen and oxygen atoms in total. The topological polar surface area (TPSA) is 35.2 Å². The molecule has 0 radical (unpaired) electrons. The minimum atomic E-state index is -0.470. The Morgan fingerprint density at radius 2 is 1.89 bits per heavy atom. The van der Waals surface area contributed by atoms with E-state index >= 15 is 0 Å². The van der Waals surface area contributed by atoms with Crippen molar-refractivity contribution >= 4 is 29.1 Å². The Hall–Kier alpha value is -1.39. The molecular weight excluding hydrogens is 273 g/mol. The lowest BCUT2D eigenvalue weighted by atomic mass is 10.3. The number of nitrogens with two attached hydrogens (primary N) is 1. The van der Waals surface area contributed by atoms with Crippen LogP contribution in [0.25, 0.3) is 0 Å². The predicted octanol–water partition coefficient (Wildman–Crippen LogP) is 4.22. The summed E-state index contributed by atoms with van der Waals surface area (Å²) in [6.45, 7) is 0. The largest absolute Gasteiger partial charge is 0.497 e. The molecule has 2 N–H and O–H groups in total. The van der Waals surface area contributed by atoms with Crippen molar-refractivity contribution in [2.45, 2.75) is 9.79 Å². The number of nitrogen functional groups attached to an aromatic ring is 1. The van der Waals surface area contributed by atoms with Gasteiger partial charge < -0.3 is 10.5 Å². The molecule has 0 amide bonds. The molecule has 0 aromatic heterocycles. The molecule has 0 bridgehead atoms. The third-order valence-corrected chi connectivity index (χ3v) is 3.71. The van der Waals surface area contributed by atoms with Crippen LogP contribution in [0, 0.1) is 5.82 Å². The number of rotatable bonds is 3. The van der Waals surface area contributed by atoms with Crippen molar-refractivity contribution < 1.29 is 9.13 Å². The molecule has 18 heavy (non-hydrogen) atoms. The Kier molecular flexibility index (Phi) is 3.99. The maximum absolute atomic E-state index is 13.4. The minimum Gasteiger partial charge on any atom is -0.497 e. The van der Waals surface area contributed by atoms with E-state index in [0.717, 1.165) is 10.6 Å². The van der Waals surface area contributed by atoms with Crippen LogP contribution in [0.4, 0.5) is 10.1 Å². The van der Waals surface area contributed by atoms with Crippen LogP contribution in [0.2, 0.25) is 5.02 Å². The molecule has 0 spiro atoms. The number of methoxy groups -OCH3 is 1. The van der Waals surface area contributed by atoms with Gasteiger partial charge in [-0.1, -0.05) is 23.4 Å². The Bertz CT molecular complexity index is 560. The van der Waals surface area contributed by atoms with E-state index in [-0.39, 0.29) is 5.02 Å². The van der Waals surface area contributed by atoms with Gasteiger partial charge in [-0.2, -0.15) is 0 Å². The van der Waals surface area contributed by atoms with Crippen molar-refractivity contribution in [3.63, 3.8) is 0 Å². The van der Waals surface area contributed by atoms with Crippen LogP contribution in [0.1, 0.15) is 0 Å². The van der Waals surface area contributed by atoms with Gasteiger partial charge in [0.05, 0.1) is 12.1 Å². The molecule has 0 heterocycles. The number of anilines is 1. The smallest absolute Gasteiger partial charge is 0.143 e. The molecule has 0 atom stereocenters. The fourth-order valence-electron chi connectivity index (χ4n) is 1.40. The molecule has 0 aliphatic rings. The Balaban J connectivity index is 2.25. The number of halogens is 2. The third kappa shape index (κ3) is 2.89. The zero-order chi connectivity index (χ0) is 13.1. The normalized spacial score (nSPS) is 10.4. The van der Waals surface area contributed by atoms with E-state index in [0.29, 0.717) is 10.6 Å². The van der Waals surface area contributed by atoms with E-state index in [4.69, 9.17) is 22.1 Å². The van der Waals surface area contributed by atoms with Crippen molar-refractivity contribution in [1.29, 1.82) is 0 Å². The summed E-state index contributed by atoms with van der Waals surface area (Å²) in [6, 6.07) is 10.2. The number of hydrogen-bond donors (Lipinski definition) is 1. The minimum absolute atomic E-state index is 0.0339. The first kappa shape index (κ1) is 13.1. The summed E-state index contributed by atoms with van der Waals surface area (Å²) in [5.74, 6) is 0.302. The molecule has 5 heteroatoms. The average Bonchev–Trinajstić information content (AvgIpc) is 2.37. The molecule has 2 aromatic rings. The molecule has 0 aliphatic heterocycles. The third-order valence-electron chi connectivity index (χ3n) is 2.34. The van der Waals surface area contributed by atoms with Crippen molar-refractivity contribution in [2.24, 2.45) is 0 Å². The van der Waals surface area contributed by atoms with Crippen molar-refractivity contribution in [3.05, 3.63) is 47.2 Å². The first-order chi connectivity index (χ1) is 8.60. The van der Waals surface area contributed by atoms with Gasteiger partial charge in [0.25, 0.3) is 0 Å². The van der Waals surface area contributed by atoms with Gasteiger partial charge in [-0.15, -0.1) is 0 Å². The highest BCUT2D eigenvalue weighted by Crippen LogP contribution is 2.35. The summed E-state index contributed by atoms with van der Waals surface area (Å²) >= 11 is 7.02. The summed E-state index contributed by atoms with van der Waals surface area (Å²) in [4.78, 5) is 1.59. The Morgan fingerprint density at radius 1 is 1.22 bits per heavy atom.